The van der Waals surface area contributed by atoms with Gasteiger partial charge in [0.15, 0.2) is 0 Å². The molecule has 106 valence electrons. The van der Waals surface area contributed by atoms with E-state index in [9.17, 15) is 4.79 Å². The molecule has 0 aliphatic carbocycles. The van der Waals surface area contributed by atoms with Crippen molar-refractivity contribution in [1.82, 2.24) is 0 Å². The van der Waals surface area contributed by atoms with Crippen LogP contribution in [0, 0.1) is 11.3 Å². The molecule has 0 fully saturated rings. The molecule has 0 aliphatic rings. The minimum absolute atomic E-state index is 0.152. The third kappa shape index (κ3) is 3.24. The van der Waals surface area contributed by atoms with Crippen molar-refractivity contribution in [3.8, 4) is 6.07 Å². The molecule has 2 rings (SSSR count). The molecule has 21 heavy (non-hydrogen) atoms. The van der Waals surface area contributed by atoms with Gasteiger partial charge in [0.2, 0.25) is 5.91 Å². The van der Waals surface area contributed by atoms with Crippen molar-refractivity contribution in [2.45, 2.75) is 19.3 Å². The monoisotopic (exact) mass is 298 g/mol. The van der Waals surface area contributed by atoms with E-state index in [0.717, 1.165) is 5.56 Å². The van der Waals surface area contributed by atoms with Crippen molar-refractivity contribution in [3.63, 3.8) is 0 Å². The van der Waals surface area contributed by atoms with E-state index in [1.165, 1.54) is 6.07 Å². The van der Waals surface area contributed by atoms with E-state index in [1.54, 1.807) is 12.1 Å². The molecule has 1 amide bonds. The van der Waals surface area contributed by atoms with Gasteiger partial charge in [-0.05, 0) is 37.6 Å². The van der Waals surface area contributed by atoms with Gasteiger partial charge < -0.3 is 5.32 Å². The number of hydrogen-bond donors (Lipinski definition) is 1. The Morgan fingerprint density at radius 1 is 1.19 bits per heavy atom. The van der Waals surface area contributed by atoms with Crippen LogP contribution in [0.25, 0.3) is 0 Å². The average molecular weight is 299 g/mol. The van der Waals surface area contributed by atoms with Crippen molar-refractivity contribution >= 4 is 23.2 Å². The van der Waals surface area contributed by atoms with E-state index in [0.29, 0.717) is 16.3 Å². The number of benzene rings is 2. The number of halogens is 1. The van der Waals surface area contributed by atoms with Crippen LogP contribution in [-0.2, 0) is 10.2 Å². The summed E-state index contributed by atoms with van der Waals surface area (Å²) in [5.74, 6) is -0.152. The van der Waals surface area contributed by atoms with Crippen LogP contribution in [0.5, 0.6) is 0 Å². The Bertz CT molecular complexity index is 702. The number of nitrogens with one attached hydrogen (secondary N) is 1. The van der Waals surface area contributed by atoms with Crippen LogP contribution >= 0.6 is 11.6 Å². The second-order valence-electron chi connectivity index (χ2n) is 5.25. The number of carbonyl (C=O) groups excluding carboxylic acids is 1. The van der Waals surface area contributed by atoms with E-state index in [1.807, 2.05) is 50.2 Å². The van der Waals surface area contributed by atoms with Gasteiger partial charge in [0, 0.05) is 0 Å². The number of rotatable bonds is 3. The maximum Gasteiger partial charge on any atom is 0.234 e. The Labute approximate surface area is 129 Å². The molecular weight excluding hydrogens is 284 g/mol. The fourth-order valence-electron chi connectivity index (χ4n) is 1.95. The van der Waals surface area contributed by atoms with Crippen molar-refractivity contribution < 1.29 is 4.79 Å². The second kappa shape index (κ2) is 5.99. The maximum absolute atomic E-state index is 12.5. The summed E-state index contributed by atoms with van der Waals surface area (Å²) in [5, 5.41) is 12.0. The third-order valence-corrected chi connectivity index (χ3v) is 3.72. The van der Waals surface area contributed by atoms with Gasteiger partial charge in [-0.2, -0.15) is 5.26 Å². The van der Waals surface area contributed by atoms with Crippen molar-refractivity contribution in [3.05, 3.63) is 64.7 Å². The highest BCUT2D eigenvalue weighted by atomic mass is 35.5. The highest BCUT2D eigenvalue weighted by Crippen LogP contribution is 2.28. The van der Waals surface area contributed by atoms with E-state index in [4.69, 9.17) is 16.9 Å². The number of anilines is 1. The lowest BCUT2D eigenvalue weighted by Gasteiger charge is -2.24. The largest absolute Gasteiger partial charge is 0.324 e. The summed E-state index contributed by atoms with van der Waals surface area (Å²) in [6.07, 6.45) is 0. The zero-order valence-corrected chi connectivity index (χ0v) is 12.6. The molecule has 4 heteroatoms. The van der Waals surface area contributed by atoms with Crippen LogP contribution in [0.4, 0.5) is 5.69 Å². The summed E-state index contributed by atoms with van der Waals surface area (Å²) in [4.78, 5) is 12.5. The lowest BCUT2D eigenvalue weighted by molar-refractivity contribution is -0.120. The van der Waals surface area contributed by atoms with Crippen LogP contribution in [-0.4, -0.2) is 5.91 Å². The van der Waals surface area contributed by atoms with Crippen LogP contribution in [0.15, 0.2) is 48.5 Å². The molecule has 2 aromatic carbocycles. The normalized spacial score (nSPS) is 10.8. The van der Waals surface area contributed by atoms with Crippen LogP contribution in [0.1, 0.15) is 25.0 Å². The summed E-state index contributed by atoms with van der Waals surface area (Å²) < 4.78 is 0. The molecule has 0 spiro atoms. The van der Waals surface area contributed by atoms with Crippen molar-refractivity contribution in [2.24, 2.45) is 0 Å². The molecule has 0 heterocycles. The fourth-order valence-corrected chi connectivity index (χ4v) is 2.18. The van der Waals surface area contributed by atoms with Gasteiger partial charge in [-0.1, -0.05) is 41.9 Å². The fraction of sp³-hybridized carbons (Fsp3) is 0.176. The first kappa shape index (κ1) is 15.1. The van der Waals surface area contributed by atoms with Crippen molar-refractivity contribution in [1.29, 1.82) is 5.26 Å². The smallest absolute Gasteiger partial charge is 0.234 e. The number of carbonyl (C=O) groups is 1. The van der Waals surface area contributed by atoms with Gasteiger partial charge in [0.25, 0.3) is 0 Å². The second-order valence-corrected chi connectivity index (χ2v) is 5.66. The van der Waals surface area contributed by atoms with E-state index >= 15 is 0 Å². The zero-order valence-electron chi connectivity index (χ0n) is 11.9. The molecule has 0 saturated carbocycles. The minimum Gasteiger partial charge on any atom is -0.324 e. The molecule has 1 N–H and O–H groups in total. The molecule has 0 saturated heterocycles. The molecule has 3 nitrogen and oxygen atoms in total. The summed E-state index contributed by atoms with van der Waals surface area (Å²) in [6, 6.07) is 16.4. The molecule has 2 aromatic rings. The summed E-state index contributed by atoms with van der Waals surface area (Å²) >= 11 is 6.08. The summed E-state index contributed by atoms with van der Waals surface area (Å²) in [5.41, 5.74) is 1.20. The van der Waals surface area contributed by atoms with Gasteiger partial charge in [0.1, 0.15) is 0 Å². The van der Waals surface area contributed by atoms with E-state index in [-0.39, 0.29) is 5.91 Å². The Balaban J connectivity index is 2.24. The number of nitrogens with zero attached hydrogens (tertiary/aromatic N) is 1. The zero-order chi connectivity index (χ0) is 15.5. The van der Waals surface area contributed by atoms with Gasteiger partial charge in [-0.25, -0.2) is 0 Å². The molecule has 0 radical (unpaired) electrons. The van der Waals surface area contributed by atoms with Crippen LogP contribution < -0.4 is 5.32 Å². The predicted molar refractivity (Wildman–Crippen MR) is 84.3 cm³/mol. The quantitative estimate of drug-likeness (QED) is 0.926. The summed E-state index contributed by atoms with van der Waals surface area (Å²) in [7, 11) is 0. The lowest BCUT2D eigenvalue weighted by atomic mass is 9.83. The Morgan fingerprint density at radius 3 is 2.43 bits per heavy atom. The first-order valence-corrected chi connectivity index (χ1v) is 6.89. The molecular formula is C17H15ClN2O. The number of hydrogen-bond acceptors (Lipinski definition) is 2. The van der Waals surface area contributed by atoms with Crippen LogP contribution in [0.2, 0.25) is 5.02 Å². The van der Waals surface area contributed by atoms with Crippen molar-refractivity contribution in [2.75, 3.05) is 5.32 Å². The van der Waals surface area contributed by atoms with E-state index in [2.05, 4.69) is 5.32 Å². The molecule has 0 unspecified atom stereocenters. The maximum atomic E-state index is 12.5. The number of nitriles is 1. The Hall–Kier alpha value is -2.31. The van der Waals surface area contributed by atoms with Gasteiger partial charge >= 0.3 is 0 Å². The predicted octanol–water partition coefficient (Wildman–Crippen LogP) is 4.13. The molecule has 0 atom stereocenters. The highest BCUT2D eigenvalue weighted by Gasteiger charge is 2.29. The minimum atomic E-state index is -0.682. The topological polar surface area (TPSA) is 52.9 Å². The standard InChI is InChI=1S/C17H15ClN2O/c1-17(2,13-6-4-3-5-7-13)16(21)20-15-9-8-12(11-19)10-14(15)18/h3-10H,1-2H3,(H,20,21). The average Bonchev–Trinajstić information content (AvgIpc) is 2.50. The van der Waals surface area contributed by atoms with Gasteiger partial charge in [-0.3, -0.25) is 4.79 Å². The lowest BCUT2D eigenvalue weighted by Crippen LogP contribution is -2.34. The van der Waals surface area contributed by atoms with Crippen LogP contribution in [0.3, 0.4) is 0 Å². The summed E-state index contributed by atoms with van der Waals surface area (Å²) in [6.45, 7) is 3.71. The van der Waals surface area contributed by atoms with Gasteiger partial charge in [-0.15, -0.1) is 0 Å². The molecule has 0 bridgehead atoms. The molecule has 0 aromatic heterocycles. The first-order chi connectivity index (χ1) is 9.95. The number of amides is 1. The Morgan fingerprint density at radius 2 is 1.86 bits per heavy atom. The Kier molecular flexibility index (Phi) is 4.30. The molecule has 0 aliphatic heterocycles. The first-order valence-electron chi connectivity index (χ1n) is 6.52. The third-order valence-electron chi connectivity index (χ3n) is 3.41. The highest BCUT2D eigenvalue weighted by molar-refractivity contribution is 6.33. The van der Waals surface area contributed by atoms with Gasteiger partial charge in [0.05, 0.1) is 27.8 Å². The van der Waals surface area contributed by atoms with E-state index < -0.39 is 5.41 Å². The SMILES string of the molecule is CC(C)(C(=O)Nc1ccc(C#N)cc1Cl)c1ccccc1.